The Hall–Kier alpha value is -0.900. The summed E-state index contributed by atoms with van der Waals surface area (Å²) in [5.74, 6) is 0. The zero-order chi connectivity index (χ0) is 10.8. The standard InChI is InChI=1S/C9H16N2O3/c1-9(2,3)14-8-5-11(10-6-12)4-7(8)13/h7-8,13H,4-5H2,1-3H3/t7-,8-/m1/s1. The molecule has 1 aliphatic heterocycles. The summed E-state index contributed by atoms with van der Waals surface area (Å²) in [6.07, 6.45) is 0.571. The van der Waals surface area contributed by atoms with Crippen LogP contribution in [-0.4, -0.2) is 47.1 Å². The molecule has 0 aromatic heterocycles. The number of isocyanates is 1. The van der Waals surface area contributed by atoms with Crippen molar-refractivity contribution in [2.24, 2.45) is 5.10 Å². The number of β-amino-alcohol motifs (C(OH)–C–C–N with tert-alkyl or cyclic N) is 1. The summed E-state index contributed by atoms with van der Waals surface area (Å²) in [7, 11) is 0. The van der Waals surface area contributed by atoms with Gasteiger partial charge in [0.25, 0.3) is 6.08 Å². The first-order valence-electron chi connectivity index (χ1n) is 4.61. The molecule has 1 fully saturated rings. The quantitative estimate of drug-likeness (QED) is 0.507. The fourth-order valence-corrected chi connectivity index (χ4v) is 1.45. The highest BCUT2D eigenvalue weighted by Gasteiger charge is 2.34. The molecule has 1 aliphatic rings. The third-order valence-corrected chi connectivity index (χ3v) is 1.90. The number of aliphatic hydroxyl groups is 1. The highest BCUT2D eigenvalue weighted by molar-refractivity contribution is 5.32. The van der Waals surface area contributed by atoms with Crippen molar-refractivity contribution in [3.8, 4) is 0 Å². The third kappa shape index (κ3) is 3.10. The van der Waals surface area contributed by atoms with Crippen LogP contribution in [0.1, 0.15) is 20.8 Å². The summed E-state index contributed by atoms with van der Waals surface area (Å²) < 4.78 is 5.61. The lowest BCUT2D eigenvalue weighted by atomic mass is 10.1. The SMILES string of the molecule is CC(C)(C)O[C@@H]1CN(N=C=O)C[C@H]1O. The van der Waals surface area contributed by atoms with E-state index < -0.39 is 6.10 Å². The molecule has 1 N–H and O–H groups in total. The van der Waals surface area contributed by atoms with Crippen LogP contribution in [0.5, 0.6) is 0 Å². The molecular weight excluding hydrogens is 184 g/mol. The lowest BCUT2D eigenvalue weighted by Crippen LogP contribution is -2.35. The van der Waals surface area contributed by atoms with Crippen LogP contribution in [0.2, 0.25) is 0 Å². The molecule has 1 rings (SSSR count). The van der Waals surface area contributed by atoms with Crippen LogP contribution in [0.15, 0.2) is 5.10 Å². The predicted molar refractivity (Wildman–Crippen MR) is 50.3 cm³/mol. The van der Waals surface area contributed by atoms with Gasteiger partial charge in [-0.05, 0) is 20.8 Å². The second-order valence-electron chi connectivity index (χ2n) is 4.40. The first-order chi connectivity index (χ1) is 6.42. The average Bonchev–Trinajstić information content (AvgIpc) is 2.29. The summed E-state index contributed by atoms with van der Waals surface area (Å²) in [5, 5.41) is 14.5. The second-order valence-corrected chi connectivity index (χ2v) is 4.40. The van der Waals surface area contributed by atoms with Gasteiger partial charge in [-0.2, -0.15) is 0 Å². The molecule has 5 heteroatoms. The van der Waals surface area contributed by atoms with Gasteiger partial charge in [-0.25, -0.2) is 4.79 Å². The van der Waals surface area contributed by atoms with E-state index in [-0.39, 0.29) is 11.7 Å². The van der Waals surface area contributed by atoms with E-state index in [0.29, 0.717) is 13.1 Å². The summed E-state index contributed by atoms with van der Waals surface area (Å²) in [4.78, 5) is 10.0. The highest BCUT2D eigenvalue weighted by atomic mass is 16.5. The lowest BCUT2D eigenvalue weighted by molar-refractivity contribution is -0.0908. The van der Waals surface area contributed by atoms with Gasteiger partial charge in [0.15, 0.2) is 0 Å². The summed E-state index contributed by atoms with van der Waals surface area (Å²) >= 11 is 0. The molecule has 0 aromatic rings. The molecule has 0 aliphatic carbocycles. The van der Waals surface area contributed by atoms with Crippen molar-refractivity contribution in [1.29, 1.82) is 0 Å². The van der Waals surface area contributed by atoms with E-state index in [4.69, 9.17) is 4.74 Å². The van der Waals surface area contributed by atoms with Crippen molar-refractivity contribution in [3.05, 3.63) is 0 Å². The Labute approximate surface area is 83.3 Å². The van der Waals surface area contributed by atoms with Crippen LogP contribution in [-0.2, 0) is 9.53 Å². The Morgan fingerprint density at radius 3 is 2.64 bits per heavy atom. The van der Waals surface area contributed by atoms with Crippen molar-refractivity contribution in [2.45, 2.75) is 38.6 Å². The Morgan fingerprint density at radius 1 is 1.50 bits per heavy atom. The van der Waals surface area contributed by atoms with E-state index in [9.17, 15) is 9.90 Å². The molecule has 0 saturated carbocycles. The number of rotatable bonds is 2. The van der Waals surface area contributed by atoms with Gasteiger partial charge in [0.05, 0.1) is 18.7 Å². The van der Waals surface area contributed by atoms with E-state index in [1.165, 1.54) is 11.1 Å². The van der Waals surface area contributed by atoms with E-state index in [1.807, 2.05) is 20.8 Å². The Morgan fingerprint density at radius 2 is 2.14 bits per heavy atom. The Balaban J connectivity index is 2.52. The van der Waals surface area contributed by atoms with Crippen molar-refractivity contribution < 1.29 is 14.6 Å². The van der Waals surface area contributed by atoms with Crippen LogP contribution in [0, 0.1) is 0 Å². The van der Waals surface area contributed by atoms with E-state index in [1.54, 1.807) is 0 Å². The summed E-state index contributed by atoms with van der Waals surface area (Å²) in [5.41, 5.74) is -0.299. The Bertz CT molecular complexity index is 243. The number of hydrazone groups is 1. The molecule has 0 radical (unpaired) electrons. The highest BCUT2D eigenvalue weighted by Crippen LogP contribution is 2.19. The van der Waals surface area contributed by atoms with Gasteiger partial charge in [-0.3, -0.25) is 5.01 Å². The van der Waals surface area contributed by atoms with Gasteiger partial charge >= 0.3 is 0 Å². The summed E-state index contributed by atoms with van der Waals surface area (Å²) in [6.45, 7) is 6.53. The normalized spacial score (nSPS) is 27.6. The summed E-state index contributed by atoms with van der Waals surface area (Å²) in [6, 6.07) is 0. The molecule has 14 heavy (non-hydrogen) atoms. The molecule has 0 spiro atoms. The minimum absolute atomic E-state index is 0.285. The van der Waals surface area contributed by atoms with E-state index in [0.717, 1.165) is 0 Å². The van der Waals surface area contributed by atoms with Crippen LogP contribution >= 0.6 is 0 Å². The molecular formula is C9H16N2O3. The van der Waals surface area contributed by atoms with Gasteiger partial charge in [-0.15, -0.1) is 0 Å². The molecule has 1 saturated heterocycles. The lowest BCUT2D eigenvalue weighted by Gasteiger charge is -2.25. The zero-order valence-electron chi connectivity index (χ0n) is 8.73. The minimum atomic E-state index is -0.591. The molecule has 5 nitrogen and oxygen atoms in total. The second kappa shape index (κ2) is 4.09. The van der Waals surface area contributed by atoms with Crippen molar-refractivity contribution in [2.75, 3.05) is 13.1 Å². The van der Waals surface area contributed by atoms with E-state index in [2.05, 4.69) is 5.10 Å². The maximum absolute atomic E-state index is 10.0. The smallest absolute Gasteiger partial charge is 0.258 e. The van der Waals surface area contributed by atoms with Gasteiger partial charge in [0.1, 0.15) is 12.2 Å². The number of carbonyl (C=O) groups excluding carboxylic acids is 1. The topological polar surface area (TPSA) is 62.1 Å². The molecule has 2 atom stereocenters. The van der Waals surface area contributed by atoms with Crippen LogP contribution in [0.25, 0.3) is 0 Å². The first kappa shape index (κ1) is 11.2. The predicted octanol–water partition coefficient (Wildman–Crippen LogP) is 0.0974. The van der Waals surface area contributed by atoms with Crippen molar-refractivity contribution >= 4 is 6.08 Å². The fourth-order valence-electron chi connectivity index (χ4n) is 1.45. The average molecular weight is 200 g/mol. The zero-order valence-corrected chi connectivity index (χ0v) is 8.73. The van der Waals surface area contributed by atoms with E-state index >= 15 is 0 Å². The number of aliphatic hydroxyl groups excluding tert-OH is 1. The largest absolute Gasteiger partial charge is 0.388 e. The first-order valence-corrected chi connectivity index (χ1v) is 4.61. The van der Waals surface area contributed by atoms with Crippen molar-refractivity contribution in [3.63, 3.8) is 0 Å². The number of nitrogens with zero attached hydrogens (tertiary/aromatic N) is 2. The molecule has 80 valence electrons. The van der Waals surface area contributed by atoms with Crippen LogP contribution < -0.4 is 0 Å². The van der Waals surface area contributed by atoms with Crippen LogP contribution in [0.3, 0.4) is 0 Å². The number of hydrogen-bond acceptors (Lipinski definition) is 5. The van der Waals surface area contributed by atoms with Gasteiger partial charge in [0, 0.05) is 0 Å². The minimum Gasteiger partial charge on any atom is -0.388 e. The molecule has 0 amide bonds. The third-order valence-electron chi connectivity index (χ3n) is 1.90. The molecule has 0 aromatic carbocycles. The monoisotopic (exact) mass is 200 g/mol. The van der Waals surface area contributed by atoms with Gasteiger partial charge < -0.3 is 9.84 Å². The maximum Gasteiger partial charge on any atom is 0.258 e. The Kier molecular flexibility index (Phi) is 3.26. The molecule has 1 heterocycles. The fraction of sp³-hybridized carbons (Fsp3) is 0.889. The van der Waals surface area contributed by atoms with Gasteiger partial charge in [0.2, 0.25) is 0 Å². The van der Waals surface area contributed by atoms with Gasteiger partial charge in [-0.1, -0.05) is 5.10 Å². The molecule has 0 bridgehead atoms. The molecule has 0 unspecified atom stereocenters. The number of hydrogen-bond donors (Lipinski definition) is 1. The van der Waals surface area contributed by atoms with Crippen molar-refractivity contribution in [1.82, 2.24) is 5.01 Å². The maximum atomic E-state index is 10.0. The van der Waals surface area contributed by atoms with Crippen LogP contribution in [0.4, 0.5) is 0 Å². The number of ether oxygens (including phenoxy) is 1.